The molecule has 1 aromatic heterocycles. The predicted molar refractivity (Wildman–Crippen MR) is 87.5 cm³/mol. The van der Waals surface area contributed by atoms with Crippen LogP contribution in [0.15, 0.2) is 12.1 Å². The Morgan fingerprint density at radius 1 is 1.37 bits per heavy atom. The van der Waals surface area contributed by atoms with Gasteiger partial charge in [0.1, 0.15) is 16.2 Å². The number of aromatic nitrogens is 1. The summed E-state index contributed by atoms with van der Waals surface area (Å²) in [5.41, 5.74) is 1.69. The van der Waals surface area contributed by atoms with Gasteiger partial charge in [0, 0.05) is 13.2 Å². The van der Waals surface area contributed by atoms with Crippen LogP contribution in [0.2, 0.25) is 0 Å². The number of nitrogens with zero attached hydrogens (tertiary/aromatic N) is 2. The molecule has 2 heterocycles. The molecule has 4 heteroatoms. The van der Waals surface area contributed by atoms with Crippen molar-refractivity contribution in [2.75, 3.05) is 24.8 Å². The van der Waals surface area contributed by atoms with Crippen molar-refractivity contribution in [3.05, 3.63) is 21.4 Å². The molecule has 0 aromatic carbocycles. The highest BCUT2D eigenvalue weighted by Gasteiger charge is 2.18. The van der Waals surface area contributed by atoms with Crippen LogP contribution in [0.3, 0.4) is 0 Å². The van der Waals surface area contributed by atoms with Crippen LogP contribution in [0.5, 0.6) is 0 Å². The Morgan fingerprint density at radius 2 is 2.16 bits per heavy atom. The highest BCUT2D eigenvalue weighted by Crippen LogP contribution is 2.26. The monoisotopic (exact) mass is 374 g/mol. The van der Waals surface area contributed by atoms with Crippen molar-refractivity contribution in [2.45, 2.75) is 40.0 Å². The number of halogens is 1. The van der Waals surface area contributed by atoms with Gasteiger partial charge in [0.15, 0.2) is 0 Å². The number of aryl methyl sites for hydroxylation is 1. The molecule has 0 saturated carbocycles. The minimum Gasteiger partial charge on any atom is -0.361 e. The zero-order valence-electron chi connectivity index (χ0n) is 12.1. The fourth-order valence-corrected chi connectivity index (χ4v) is 2.58. The molecule has 0 unspecified atom stereocenters. The first-order valence-corrected chi connectivity index (χ1v) is 8.02. The van der Waals surface area contributed by atoms with Gasteiger partial charge in [0.2, 0.25) is 0 Å². The van der Waals surface area contributed by atoms with Crippen molar-refractivity contribution in [2.24, 2.45) is 5.41 Å². The van der Waals surface area contributed by atoms with Crippen molar-refractivity contribution in [3.8, 4) is 0 Å². The molecule has 1 aromatic rings. The molecule has 0 amide bonds. The minimum atomic E-state index is 0.341. The van der Waals surface area contributed by atoms with Crippen LogP contribution in [-0.4, -0.2) is 24.9 Å². The van der Waals surface area contributed by atoms with Gasteiger partial charge in [0.25, 0.3) is 0 Å². The second-order valence-electron chi connectivity index (χ2n) is 6.33. The third-order valence-corrected chi connectivity index (χ3v) is 3.94. The molecule has 0 fully saturated rings. The van der Waals surface area contributed by atoms with Crippen LogP contribution in [-0.2, 0) is 11.2 Å². The summed E-state index contributed by atoms with van der Waals surface area (Å²) in [6, 6.07) is 4.29. The van der Waals surface area contributed by atoms with Crippen LogP contribution in [0.1, 0.15) is 39.2 Å². The predicted octanol–water partition coefficient (Wildman–Crippen LogP) is 3.85. The number of pyridine rings is 1. The number of anilines is 1. The maximum absolute atomic E-state index is 5.83. The highest BCUT2D eigenvalue weighted by atomic mass is 127. The molecular formula is C15H23IN2O. The van der Waals surface area contributed by atoms with Crippen LogP contribution >= 0.6 is 22.6 Å². The summed E-state index contributed by atoms with van der Waals surface area (Å²) in [7, 11) is 0. The topological polar surface area (TPSA) is 25.4 Å². The van der Waals surface area contributed by atoms with Crippen molar-refractivity contribution < 1.29 is 4.74 Å². The molecule has 0 aliphatic carbocycles. The van der Waals surface area contributed by atoms with Crippen molar-refractivity contribution in [3.63, 3.8) is 0 Å². The smallest absolute Gasteiger partial charge is 0.134 e. The molecule has 0 bridgehead atoms. The third kappa shape index (κ3) is 4.60. The average Bonchev–Trinajstić information content (AvgIpc) is 2.33. The maximum Gasteiger partial charge on any atom is 0.134 e. The molecule has 0 N–H and O–H groups in total. The van der Waals surface area contributed by atoms with E-state index in [1.165, 1.54) is 12.0 Å². The Morgan fingerprint density at radius 3 is 2.89 bits per heavy atom. The second-order valence-corrected chi connectivity index (χ2v) is 7.44. The van der Waals surface area contributed by atoms with Gasteiger partial charge in [-0.15, -0.1) is 0 Å². The second kappa shape index (κ2) is 6.39. The van der Waals surface area contributed by atoms with E-state index in [2.05, 4.69) is 65.4 Å². The van der Waals surface area contributed by atoms with E-state index in [0.717, 1.165) is 35.5 Å². The van der Waals surface area contributed by atoms with Crippen LogP contribution < -0.4 is 4.90 Å². The first-order chi connectivity index (χ1) is 8.96. The van der Waals surface area contributed by atoms with E-state index >= 15 is 0 Å². The van der Waals surface area contributed by atoms with Gasteiger partial charge in [-0.2, -0.15) is 0 Å². The van der Waals surface area contributed by atoms with Crippen molar-refractivity contribution in [1.82, 2.24) is 4.98 Å². The van der Waals surface area contributed by atoms with Crippen LogP contribution in [0, 0.1) is 9.12 Å². The molecular weight excluding hydrogens is 351 g/mol. The highest BCUT2D eigenvalue weighted by molar-refractivity contribution is 14.1. The van der Waals surface area contributed by atoms with Gasteiger partial charge in [-0.05, 0) is 58.9 Å². The average molecular weight is 374 g/mol. The number of hydrogen-bond acceptors (Lipinski definition) is 3. The van der Waals surface area contributed by atoms with Gasteiger partial charge in [-0.25, -0.2) is 4.98 Å². The largest absolute Gasteiger partial charge is 0.361 e. The molecule has 0 spiro atoms. The summed E-state index contributed by atoms with van der Waals surface area (Å²) in [4.78, 5) is 6.92. The number of ether oxygens (including phenoxy) is 1. The quantitative estimate of drug-likeness (QED) is 0.455. The molecule has 3 nitrogen and oxygen atoms in total. The van der Waals surface area contributed by atoms with Crippen molar-refractivity contribution in [1.29, 1.82) is 0 Å². The lowest BCUT2D eigenvalue weighted by Gasteiger charge is -2.30. The summed E-state index contributed by atoms with van der Waals surface area (Å²) >= 11 is 2.27. The molecule has 0 atom stereocenters. The molecule has 106 valence electrons. The third-order valence-electron chi connectivity index (χ3n) is 3.34. The van der Waals surface area contributed by atoms with E-state index in [1.807, 2.05) is 0 Å². The Hall–Kier alpha value is -0.360. The molecule has 1 aliphatic rings. The minimum absolute atomic E-state index is 0.341. The van der Waals surface area contributed by atoms with Crippen LogP contribution in [0.25, 0.3) is 0 Å². The van der Waals surface area contributed by atoms with Crippen LogP contribution in [0.4, 0.5) is 5.82 Å². The van der Waals surface area contributed by atoms with Gasteiger partial charge >= 0.3 is 0 Å². The van der Waals surface area contributed by atoms with Gasteiger partial charge in [0.05, 0.1) is 0 Å². The summed E-state index contributed by atoms with van der Waals surface area (Å²) < 4.78 is 6.88. The number of rotatable bonds is 4. The van der Waals surface area contributed by atoms with E-state index in [9.17, 15) is 0 Å². The summed E-state index contributed by atoms with van der Waals surface area (Å²) in [5.74, 6) is 1.12. The zero-order valence-corrected chi connectivity index (χ0v) is 14.2. The fraction of sp³-hybridized carbons (Fsp3) is 0.667. The first kappa shape index (κ1) is 15.0. The first-order valence-electron chi connectivity index (χ1n) is 6.94. The van der Waals surface area contributed by atoms with E-state index in [0.29, 0.717) is 12.1 Å². The lowest BCUT2D eigenvalue weighted by atomic mass is 9.93. The Bertz CT molecular complexity index is 429. The van der Waals surface area contributed by atoms with E-state index in [4.69, 9.17) is 4.74 Å². The summed E-state index contributed by atoms with van der Waals surface area (Å²) in [6.07, 6.45) is 3.42. The fourth-order valence-electron chi connectivity index (χ4n) is 2.17. The zero-order chi connectivity index (χ0) is 13.9. The van der Waals surface area contributed by atoms with Gasteiger partial charge in [-0.3, -0.25) is 0 Å². The van der Waals surface area contributed by atoms with Gasteiger partial charge in [-0.1, -0.05) is 26.8 Å². The molecule has 1 aliphatic heterocycles. The summed E-state index contributed by atoms with van der Waals surface area (Å²) in [6.45, 7) is 9.27. The molecule has 2 rings (SSSR count). The lowest BCUT2D eigenvalue weighted by molar-refractivity contribution is 0.107. The number of hydrogen-bond donors (Lipinski definition) is 0. The standard InChI is InChI=1S/C15H23IN2O/c1-15(2,3)8-10-19-11-18-9-4-5-12-6-7-13(16)17-14(12)18/h6-7H,4-5,8-11H2,1-3H3. The Kier molecular flexibility index (Phi) is 5.06. The Labute approximate surface area is 129 Å². The molecule has 0 saturated heterocycles. The van der Waals surface area contributed by atoms with E-state index in [-0.39, 0.29) is 0 Å². The molecule has 0 radical (unpaired) electrons. The normalized spacial score (nSPS) is 15.5. The molecule has 19 heavy (non-hydrogen) atoms. The Balaban J connectivity index is 1.91. The van der Waals surface area contributed by atoms with Crippen molar-refractivity contribution >= 4 is 28.4 Å². The summed E-state index contributed by atoms with van der Waals surface area (Å²) in [5, 5.41) is 0. The van der Waals surface area contributed by atoms with Gasteiger partial charge < -0.3 is 9.64 Å². The van der Waals surface area contributed by atoms with E-state index in [1.54, 1.807) is 0 Å². The maximum atomic E-state index is 5.83. The SMILES string of the molecule is CC(C)(C)CCOCN1CCCc2ccc(I)nc21. The number of fused-ring (bicyclic) bond motifs is 1. The van der Waals surface area contributed by atoms with E-state index < -0.39 is 0 Å². The lowest BCUT2D eigenvalue weighted by Crippen LogP contribution is -2.33.